The van der Waals surface area contributed by atoms with Gasteiger partial charge in [0, 0.05) is 0 Å². The SMILES string of the molecule is [Mg+2].[Mg+2].[O-2].[O-2].[O-2].[O-2].[O-2].[Sc+3].[Sc+3]. The van der Waals surface area contributed by atoms with Crippen molar-refractivity contribution in [2.75, 3.05) is 0 Å². The molecular weight excluding hydrogens is 219 g/mol. The molecule has 40 valence electrons. The summed E-state index contributed by atoms with van der Waals surface area (Å²) in [6.45, 7) is 0. The first-order chi connectivity index (χ1) is 0. The molecular formula is Mg2O5Sc2. The molecule has 0 saturated carbocycles. The van der Waals surface area contributed by atoms with Crippen molar-refractivity contribution in [1.82, 2.24) is 0 Å². The number of hydrogen-bond acceptors (Lipinski definition) is 0. The fourth-order valence-electron chi connectivity index (χ4n) is 0. The molecule has 0 heterocycles. The summed E-state index contributed by atoms with van der Waals surface area (Å²) >= 11 is 0. The van der Waals surface area contributed by atoms with Crippen molar-refractivity contribution in [3.63, 3.8) is 0 Å². The minimum Gasteiger partial charge on any atom is -2.00 e. The molecule has 0 N–H and O–H groups in total. The second-order valence-corrected chi connectivity index (χ2v) is 0. The Morgan fingerprint density at radius 1 is 0.333 bits per heavy atom. The Kier molecular flexibility index (Phi) is 2070. The molecule has 0 aliphatic heterocycles. The van der Waals surface area contributed by atoms with Gasteiger partial charge in [-0.05, 0) is 0 Å². The normalized spacial score (nSPS) is 0. The van der Waals surface area contributed by atoms with Crippen LogP contribution in [0.3, 0.4) is 0 Å². The van der Waals surface area contributed by atoms with Gasteiger partial charge in [0.1, 0.15) is 0 Å². The van der Waals surface area contributed by atoms with Crippen LogP contribution in [-0.4, -0.2) is 46.1 Å². The maximum Gasteiger partial charge on any atom is 3.00 e. The first-order valence-corrected chi connectivity index (χ1v) is 0. The quantitative estimate of drug-likeness (QED) is 0.443. The summed E-state index contributed by atoms with van der Waals surface area (Å²) < 4.78 is 0. The van der Waals surface area contributed by atoms with Gasteiger partial charge in [-0.2, -0.15) is 0 Å². The van der Waals surface area contributed by atoms with Crippen LogP contribution in [0.25, 0.3) is 0 Å². The van der Waals surface area contributed by atoms with Crippen LogP contribution in [0.4, 0.5) is 0 Å². The molecule has 0 fully saturated rings. The van der Waals surface area contributed by atoms with E-state index >= 15 is 0 Å². The van der Waals surface area contributed by atoms with Crippen LogP contribution in [0, 0.1) is 0 Å². The Morgan fingerprint density at radius 2 is 0.333 bits per heavy atom. The predicted molar refractivity (Wildman–Crippen MR) is 14.9 cm³/mol. The third kappa shape index (κ3) is 96.5. The van der Waals surface area contributed by atoms with E-state index in [-0.39, 0.29) is 125 Å². The van der Waals surface area contributed by atoms with E-state index in [1.165, 1.54) is 0 Å². The fourth-order valence-corrected chi connectivity index (χ4v) is 0. The van der Waals surface area contributed by atoms with Gasteiger partial charge in [-0.25, -0.2) is 0 Å². The second-order valence-electron chi connectivity index (χ2n) is 0. The molecule has 0 aliphatic carbocycles. The molecule has 0 aromatic rings. The molecule has 0 saturated heterocycles. The van der Waals surface area contributed by atoms with Gasteiger partial charge < -0.3 is 27.4 Å². The van der Waals surface area contributed by atoms with Gasteiger partial charge >= 0.3 is 97.8 Å². The Labute approximate surface area is 123 Å². The van der Waals surface area contributed by atoms with Crippen LogP contribution >= 0.6 is 0 Å². The first kappa shape index (κ1) is 157. The molecule has 0 unspecified atom stereocenters. The zero-order valence-electron chi connectivity index (χ0n) is 4.61. The van der Waals surface area contributed by atoms with Gasteiger partial charge in [0.2, 0.25) is 0 Å². The standard InChI is InChI=1S/2Mg.5O.2Sc/q2*+2;5*-2;2*+3. The van der Waals surface area contributed by atoms with Crippen molar-refractivity contribution >= 4 is 46.1 Å². The summed E-state index contributed by atoms with van der Waals surface area (Å²) in [4.78, 5) is 0. The summed E-state index contributed by atoms with van der Waals surface area (Å²) in [5.74, 6) is 0. The van der Waals surface area contributed by atoms with Crippen molar-refractivity contribution in [3.05, 3.63) is 0 Å². The largest absolute Gasteiger partial charge is 3.00 e. The Hall–Kier alpha value is 3.07. The van der Waals surface area contributed by atoms with Crippen molar-refractivity contribution in [3.8, 4) is 0 Å². The van der Waals surface area contributed by atoms with E-state index in [4.69, 9.17) is 0 Å². The van der Waals surface area contributed by atoms with Crippen LogP contribution in [0.2, 0.25) is 0 Å². The molecule has 0 rings (SSSR count). The van der Waals surface area contributed by atoms with Crippen molar-refractivity contribution in [2.45, 2.75) is 0 Å². The molecule has 9 heavy (non-hydrogen) atoms. The topological polar surface area (TPSA) is 142 Å². The van der Waals surface area contributed by atoms with Crippen LogP contribution in [0.15, 0.2) is 0 Å². The van der Waals surface area contributed by atoms with E-state index in [1.807, 2.05) is 0 Å². The molecule has 0 spiro atoms. The molecule has 0 bridgehead atoms. The summed E-state index contributed by atoms with van der Waals surface area (Å²) in [5, 5.41) is 0. The van der Waals surface area contributed by atoms with E-state index in [0.29, 0.717) is 0 Å². The average Bonchev–Trinajstić information content (AvgIpc) is 0. The Morgan fingerprint density at radius 3 is 0.333 bits per heavy atom. The summed E-state index contributed by atoms with van der Waals surface area (Å²) in [7, 11) is 0. The smallest absolute Gasteiger partial charge is 2.00 e. The van der Waals surface area contributed by atoms with Gasteiger partial charge in [0.25, 0.3) is 0 Å². The van der Waals surface area contributed by atoms with Crippen LogP contribution < -0.4 is 0 Å². The first-order valence-electron chi connectivity index (χ1n) is 0. The molecule has 0 aliphatic rings. The second kappa shape index (κ2) is 119. The van der Waals surface area contributed by atoms with Gasteiger partial charge in [-0.1, -0.05) is 0 Å². The van der Waals surface area contributed by atoms with Crippen LogP contribution in [0.1, 0.15) is 0 Å². The molecule has 9 heteroatoms. The maximum atomic E-state index is 0. The Balaban J connectivity index is 0. The predicted octanol–water partition coefficient (Wildman–Crippen LogP) is -1.36. The van der Waals surface area contributed by atoms with Crippen LogP contribution in [0.5, 0.6) is 0 Å². The van der Waals surface area contributed by atoms with Crippen molar-refractivity contribution < 1.29 is 79.1 Å². The van der Waals surface area contributed by atoms with E-state index in [0.717, 1.165) is 0 Å². The number of rotatable bonds is 0. The van der Waals surface area contributed by atoms with Crippen molar-refractivity contribution in [1.29, 1.82) is 0 Å². The van der Waals surface area contributed by atoms with E-state index < -0.39 is 0 Å². The van der Waals surface area contributed by atoms with Crippen molar-refractivity contribution in [2.24, 2.45) is 0 Å². The zero-order chi connectivity index (χ0) is 0. The van der Waals surface area contributed by atoms with E-state index in [2.05, 4.69) is 0 Å². The summed E-state index contributed by atoms with van der Waals surface area (Å²) in [6, 6.07) is 0. The Bertz CT molecular complexity index is 12.9. The van der Waals surface area contributed by atoms with E-state index in [9.17, 15) is 0 Å². The third-order valence-corrected chi connectivity index (χ3v) is 0. The monoisotopic (exact) mass is 218 g/mol. The minimum absolute atomic E-state index is 0. The fraction of sp³-hybridized carbons (Fsp3) is 0. The summed E-state index contributed by atoms with van der Waals surface area (Å²) in [6.07, 6.45) is 0. The summed E-state index contributed by atoms with van der Waals surface area (Å²) in [5.41, 5.74) is 0. The van der Waals surface area contributed by atoms with E-state index in [1.54, 1.807) is 0 Å². The number of hydrogen-bond donors (Lipinski definition) is 0. The zero-order valence-corrected chi connectivity index (χ0v) is 11.0. The molecule has 0 aromatic carbocycles. The van der Waals surface area contributed by atoms with Gasteiger partial charge in [0.05, 0.1) is 0 Å². The molecule has 0 aromatic heterocycles. The molecule has 0 amide bonds. The molecule has 5 nitrogen and oxygen atoms in total. The van der Waals surface area contributed by atoms with Crippen LogP contribution in [-0.2, 0) is 79.1 Å². The molecule has 0 radical (unpaired) electrons. The van der Waals surface area contributed by atoms with Gasteiger partial charge in [-0.15, -0.1) is 0 Å². The van der Waals surface area contributed by atoms with Gasteiger partial charge in [-0.3, -0.25) is 0 Å². The maximum absolute atomic E-state index is 0. The third-order valence-electron chi connectivity index (χ3n) is 0. The minimum atomic E-state index is 0. The average molecular weight is 219 g/mol. The molecule has 0 atom stereocenters. The van der Waals surface area contributed by atoms with Gasteiger partial charge in [0.15, 0.2) is 0 Å².